The Kier molecular flexibility index (Phi) is 8.91. The number of hydrogen-bond acceptors (Lipinski definition) is 4. The zero-order chi connectivity index (χ0) is 22.2. The molecule has 0 atom stereocenters. The Bertz CT molecular complexity index is 731. The molecule has 0 unspecified atom stereocenters. The van der Waals surface area contributed by atoms with Crippen LogP contribution in [0.4, 0.5) is 4.39 Å². The third-order valence-electron chi connectivity index (χ3n) is 7.09. The van der Waals surface area contributed by atoms with E-state index in [9.17, 15) is 14.0 Å². The Hall–Kier alpha value is -1.91. The standard InChI is InChI=1S/C26H37FO4/c1-3-5-18-7-11-20(12-8-18)25(28)30-22-15-16-24(23(27)17-22)31-26(29)21-13-9-19(6-4-2)10-14-21/h15-21H,3-14H2,1-2H3. The van der Waals surface area contributed by atoms with E-state index in [4.69, 9.17) is 9.47 Å². The quantitative estimate of drug-likeness (QED) is 0.333. The maximum atomic E-state index is 14.5. The van der Waals surface area contributed by atoms with E-state index < -0.39 is 5.82 Å². The van der Waals surface area contributed by atoms with Crippen LogP contribution in [0.2, 0.25) is 0 Å². The largest absolute Gasteiger partial charge is 0.426 e. The molecule has 0 N–H and O–H groups in total. The number of halogens is 1. The van der Waals surface area contributed by atoms with Gasteiger partial charge >= 0.3 is 11.9 Å². The zero-order valence-corrected chi connectivity index (χ0v) is 19.0. The van der Waals surface area contributed by atoms with Crippen LogP contribution in [0, 0.1) is 29.5 Å². The average Bonchev–Trinajstić information content (AvgIpc) is 2.77. The lowest BCUT2D eigenvalue weighted by Gasteiger charge is -2.27. The lowest BCUT2D eigenvalue weighted by atomic mass is 9.80. The van der Waals surface area contributed by atoms with Crippen molar-refractivity contribution in [2.75, 3.05) is 0 Å². The third kappa shape index (κ3) is 6.78. The molecule has 0 aromatic heterocycles. The van der Waals surface area contributed by atoms with Crippen LogP contribution < -0.4 is 9.47 Å². The minimum atomic E-state index is -0.676. The number of benzene rings is 1. The number of ether oxygens (including phenoxy) is 2. The summed E-state index contributed by atoms with van der Waals surface area (Å²) in [5.41, 5.74) is 0. The summed E-state index contributed by atoms with van der Waals surface area (Å²) in [6, 6.07) is 4.03. The number of carbonyl (C=O) groups is 2. The molecule has 0 bridgehead atoms. The number of esters is 2. The highest BCUT2D eigenvalue weighted by Crippen LogP contribution is 2.34. The van der Waals surface area contributed by atoms with Gasteiger partial charge in [-0.1, -0.05) is 39.5 Å². The van der Waals surface area contributed by atoms with Crippen molar-refractivity contribution in [1.82, 2.24) is 0 Å². The van der Waals surface area contributed by atoms with Crippen LogP contribution in [-0.4, -0.2) is 11.9 Å². The van der Waals surface area contributed by atoms with Crippen LogP contribution in [0.5, 0.6) is 11.5 Å². The smallest absolute Gasteiger partial charge is 0.314 e. The fourth-order valence-electron chi connectivity index (χ4n) is 5.21. The van der Waals surface area contributed by atoms with Crippen LogP contribution in [0.3, 0.4) is 0 Å². The van der Waals surface area contributed by atoms with Crippen LogP contribution >= 0.6 is 0 Å². The summed E-state index contributed by atoms with van der Waals surface area (Å²) in [7, 11) is 0. The van der Waals surface area contributed by atoms with Gasteiger partial charge in [0, 0.05) is 6.07 Å². The highest BCUT2D eigenvalue weighted by atomic mass is 19.1. The predicted octanol–water partition coefficient (Wildman–Crippen LogP) is 6.85. The molecule has 5 heteroatoms. The monoisotopic (exact) mass is 432 g/mol. The third-order valence-corrected chi connectivity index (χ3v) is 7.09. The average molecular weight is 433 g/mol. The lowest BCUT2D eigenvalue weighted by Crippen LogP contribution is -2.26. The van der Waals surface area contributed by atoms with Gasteiger partial charge in [-0.05, 0) is 75.3 Å². The Morgan fingerprint density at radius 2 is 1.29 bits per heavy atom. The van der Waals surface area contributed by atoms with Gasteiger partial charge in [0.2, 0.25) is 0 Å². The molecule has 31 heavy (non-hydrogen) atoms. The summed E-state index contributed by atoms with van der Waals surface area (Å²) in [5.74, 6) is -0.123. The number of carbonyl (C=O) groups excluding carboxylic acids is 2. The van der Waals surface area contributed by atoms with Gasteiger partial charge in [0.05, 0.1) is 11.8 Å². The molecule has 2 aliphatic carbocycles. The van der Waals surface area contributed by atoms with E-state index in [0.29, 0.717) is 11.8 Å². The predicted molar refractivity (Wildman–Crippen MR) is 118 cm³/mol. The van der Waals surface area contributed by atoms with E-state index in [2.05, 4.69) is 13.8 Å². The molecule has 2 fully saturated rings. The van der Waals surface area contributed by atoms with Crippen LogP contribution in [0.15, 0.2) is 18.2 Å². The molecular weight excluding hydrogens is 395 g/mol. The fraction of sp³-hybridized carbons (Fsp3) is 0.692. The molecule has 2 saturated carbocycles. The molecule has 3 rings (SSSR count). The molecule has 0 radical (unpaired) electrons. The first-order chi connectivity index (χ1) is 15.0. The van der Waals surface area contributed by atoms with E-state index in [-0.39, 0.29) is 35.3 Å². The van der Waals surface area contributed by atoms with E-state index in [1.807, 2.05) is 0 Å². The van der Waals surface area contributed by atoms with Crippen LogP contribution in [0.1, 0.15) is 90.9 Å². The van der Waals surface area contributed by atoms with E-state index in [1.165, 1.54) is 37.8 Å². The molecule has 1 aromatic carbocycles. The van der Waals surface area contributed by atoms with Crippen molar-refractivity contribution in [2.24, 2.45) is 23.7 Å². The first kappa shape index (κ1) is 23.7. The van der Waals surface area contributed by atoms with Gasteiger partial charge in [0.25, 0.3) is 0 Å². The molecule has 0 saturated heterocycles. The fourth-order valence-corrected chi connectivity index (χ4v) is 5.21. The van der Waals surface area contributed by atoms with Gasteiger partial charge in [-0.2, -0.15) is 0 Å². The summed E-state index contributed by atoms with van der Waals surface area (Å²) in [6.45, 7) is 4.37. The Balaban J connectivity index is 1.48. The topological polar surface area (TPSA) is 52.6 Å². The first-order valence-corrected chi connectivity index (χ1v) is 12.2. The maximum absolute atomic E-state index is 14.5. The van der Waals surface area contributed by atoms with E-state index >= 15 is 0 Å². The first-order valence-electron chi connectivity index (χ1n) is 12.2. The second-order valence-electron chi connectivity index (χ2n) is 9.45. The lowest BCUT2D eigenvalue weighted by molar-refractivity contribution is -0.141. The van der Waals surface area contributed by atoms with E-state index in [0.717, 1.165) is 57.4 Å². The van der Waals surface area contributed by atoms with Crippen LogP contribution in [0.25, 0.3) is 0 Å². The molecule has 2 aliphatic rings. The summed E-state index contributed by atoms with van der Waals surface area (Å²) >= 11 is 0. The summed E-state index contributed by atoms with van der Waals surface area (Å²) < 4.78 is 25.3. The normalized spacial score (nSPS) is 26.3. The SMILES string of the molecule is CCCC1CCC(C(=O)Oc2ccc(OC(=O)C3CCC(CCC)CC3)c(F)c2)CC1. The van der Waals surface area contributed by atoms with Crippen molar-refractivity contribution in [3.8, 4) is 11.5 Å². The van der Waals surface area contributed by atoms with Gasteiger partial charge in [0.1, 0.15) is 5.75 Å². The molecule has 0 spiro atoms. The minimum absolute atomic E-state index is 0.0967. The molecular formula is C26H37FO4. The number of rotatable bonds is 8. The Morgan fingerprint density at radius 1 is 0.806 bits per heavy atom. The van der Waals surface area contributed by atoms with Gasteiger partial charge < -0.3 is 9.47 Å². The highest BCUT2D eigenvalue weighted by Gasteiger charge is 2.29. The van der Waals surface area contributed by atoms with Crippen molar-refractivity contribution in [3.05, 3.63) is 24.0 Å². The van der Waals surface area contributed by atoms with Crippen molar-refractivity contribution >= 4 is 11.9 Å². The molecule has 1 aromatic rings. The highest BCUT2D eigenvalue weighted by molar-refractivity contribution is 5.76. The van der Waals surface area contributed by atoms with Crippen molar-refractivity contribution in [1.29, 1.82) is 0 Å². The Labute approximate surface area is 185 Å². The molecule has 172 valence electrons. The van der Waals surface area contributed by atoms with Crippen molar-refractivity contribution in [2.45, 2.75) is 90.9 Å². The van der Waals surface area contributed by atoms with Gasteiger partial charge in [-0.15, -0.1) is 0 Å². The van der Waals surface area contributed by atoms with Gasteiger partial charge in [-0.3, -0.25) is 9.59 Å². The van der Waals surface area contributed by atoms with Crippen molar-refractivity contribution < 1.29 is 23.5 Å². The van der Waals surface area contributed by atoms with E-state index in [1.54, 1.807) is 0 Å². The molecule has 0 aliphatic heterocycles. The minimum Gasteiger partial charge on any atom is -0.426 e. The van der Waals surface area contributed by atoms with Gasteiger partial charge in [-0.25, -0.2) is 4.39 Å². The summed E-state index contributed by atoms with van der Waals surface area (Å²) in [5, 5.41) is 0. The second kappa shape index (κ2) is 11.6. The van der Waals surface area contributed by atoms with Gasteiger partial charge in [0.15, 0.2) is 11.6 Å². The molecule has 4 nitrogen and oxygen atoms in total. The molecule has 0 heterocycles. The maximum Gasteiger partial charge on any atom is 0.314 e. The Morgan fingerprint density at radius 3 is 1.74 bits per heavy atom. The summed E-state index contributed by atoms with van der Waals surface area (Å²) in [4.78, 5) is 24.9. The number of hydrogen-bond donors (Lipinski definition) is 0. The molecule has 0 amide bonds. The zero-order valence-electron chi connectivity index (χ0n) is 19.0. The van der Waals surface area contributed by atoms with Crippen LogP contribution in [-0.2, 0) is 9.59 Å². The second-order valence-corrected chi connectivity index (χ2v) is 9.45. The van der Waals surface area contributed by atoms with Crippen molar-refractivity contribution in [3.63, 3.8) is 0 Å². The summed E-state index contributed by atoms with van der Waals surface area (Å²) in [6.07, 6.45) is 12.2.